The first-order valence-corrected chi connectivity index (χ1v) is 3.97. The van der Waals surface area contributed by atoms with Crippen LogP contribution in [0.15, 0.2) is 10.9 Å². The lowest BCUT2D eigenvalue weighted by atomic mass is 10.3. The highest BCUT2D eigenvalue weighted by Gasteiger charge is 2.13. The van der Waals surface area contributed by atoms with Crippen molar-refractivity contribution in [1.82, 2.24) is 9.97 Å². The van der Waals surface area contributed by atoms with Gasteiger partial charge in [0.15, 0.2) is 0 Å². The smallest absolute Gasteiger partial charge is 0.280 e. The molecule has 13 heavy (non-hydrogen) atoms. The van der Waals surface area contributed by atoms with Crippen LogP contribution in [0.5, 0.6) is 0 Å². The molecule has 1 aromatic rings. The van der Waals surface area contributed by atoms with Crippen molar-refractivity contribution in [3.63, 3.8) is 0 Å². The fourth-order valence-corrected chi connectivity index (χ4v) is 0.899. The minimum Gasteiger partial charge on any atom is -0.309 e. The molecular formula is C7H7ClF2N2O. The second-order valence-electron chi connectivity index (χ2n) is 2.47. The van der Waals surface area contributed by atoms with Gasteiger partial charge in [-0.15, -0.1) is 11.6 Å². The molecule has 0 amide bonds. The minimum absolute atomic E-state index is 0.0597. The van der Waals surface area contributed by atoms with Crippen LogP contribution in [-0.4, -0.2) is 9.97 Å². The average molecular weight is 209 g/mol. The number of aromatic amines is 1. The summed E-state index contributed by atoms with van der Waals surface area (Å²) in [6.07, 6.45) is -2.75. The van der Waals surface area contributed by atoms with Crippen LogP contribution in [0.3, 0.4) is 0 Å². The van der Waals surface area contributed by atoms with E-state index in [1.807, 2.05) is 0 Å². The van der Waals surface area contributed by atoms with E-state index in [4.69, 9.17) is 11.6 Å². The molecule has 0 aromatic carbocycles. The Morgan fingerprint density at radius 3 is 2.69 bits per heavy atom. The Kier molecular flexibility index (Phi) is 2.98. The van der Waals surface area contributed by atoms with E-state index in [-0.39, 0.29) is 5.82 Å². The van der Waals surface area contributed by atoms with E-state index in [0.29, 0.717) is 0 Å². The summed E-state index contributed by atoms with van der Waals surface area (Å²) in [6, 6.07) is 0.757. The van der Waals surface area contributed by atoms with E-state index in [1.54, 1.807) is 0 Å². The summed E-state index contributed by atoms with van der Waals surface area (Å²) in [6.45, 7) is 1.54. The molecule has 0 spiro atoms. The quantitative estimate of drug-likeness (QED) is 0.756. The number of aromatic nitrogens is 2. The molecule has 1 atom stereocenters. The lowest BCUT2D eigenvalue weighted by Crippen LogP contribution is -2.13. The molecule has 0 aliphatic heterocycles. The van der Waals surface area contributed by atoms with E-state index in [0.717, 1.165) is 6.07 Å². The summed E-state index contributed by atoms with van der Waals surface area (Å²) in [5.41, 5.74) is -1.17. The first-order chi connectivity index (χ1) is 6.00. The zero-order valence-electron chi connectivity index (χ0n) is 6.72. The van der Waals surface area contributed by atoms with E-state index < -0.39 is 23.1 Å². The number of rotatable bonds is 2. The topological polar surface area (TPSA) is 45.8 Å². The monoisotopic (exact) mass is 208 g/mol. The van der Waals surface area contributed by atoms with Gasteiger partial charge in [0, 0.05) is 6.07 Å². The first-order valence-electron chi connectivity index (χ1n) is 3.54. The molecule has 1 rings (SSSR count). The fourth-order valence-electron chi connectivity index (χ4n) is 0.796. The SMILES string of the molecule is CC(Cl)c1nc(C(F)F)cc(=O)[nH]1. The zero-order valence-corrected chi connectivity index (χ0v) is 7.48. The molecule has 1 unspecified atom stereocenters. The van der Waals surface area contributed by atoms with Crippen LogP contribution in [0.4, 0.5) is 8.78 Å². The molecule has 72 valence electrons. The lowest BCUT2D eigenvalue weighted by Gasteiger charge is -2.03. The normalized spacial score (nSPS) is 13.3. The Hall–Kier alpha value is -0.970. The van der Waals surface area contributed by atoms with Gasteiger partial charge in [-0.25, -0.2) is 13.8 Å². The van der Waals surface area contributed by atoms with E-state index in [9.17, 15) is 13.6 Å². The summed E-state index contributed by atoms with van der Waals surface area (Å²) < 4.78 is 24.3. The number of nitrogens with one attached hydrogen (secondary N) is 1. The number of halogens is 3. The van der Waals surface area contributed by atoms with Crippen molar-refractivity contribution in [3.05, 3.63) is 27.9 Å². The number of hydrogen-bond donors (Lipinski definition) is 1. The van der Waals surface area contributed by atoms with Crippen LogP contribution in [0.1, 0.15) is 30.2 Å². The van der Waals surface area contributed by atoms with Gasteiger partial charge in [-0.2, -0.15) is 0 Å². The van der Waals surface area contributed by atoms with Crippen LogP contribution >= 0.6 is 11.6 Å². The third-order valence-electron chi connectivity index (χ3n) is 1.38. The molecule has 0 fully saturated rings. The van der Waals surface area contributed by atoms with Crippen molar-refractivity contribution in [3.8, 4) is 0 Å². The van der Waals surface area contributed by atoms with Crippen molar-refractivity contribution in [2.75, 3.05) is 0 Å². The Bertz CT molecular complexity index is 321. The van der Waals surface area contributed by atoms with Gasteiger partial charge < -0.3 is 4.98 Å². The molecule has 1 aromatic heterocycles. The van der Waals surface area contributed by atoms with Crippen molar-refractivity contribution in [2.45, 2.75) is 18.7 Å². The second-order valence-corrected chi connectivity index (χ2v) is 3.13. The standard InChI is InChI=1S/C7H7ClF2N2O/c1-3(8)7-11-4(6(9)10)2-5(13)12-7/h2-3,6H,1H3,(H,11,12,13). The maximum Gasteiger partial charge on any atom is 0.280 e. The molecule has 0 saturated heterocycles. The van der Waals surface area contributed by atoms with Gasteiger partial charge >= 0.3 is 0 Å². The highest BCUT2D eigenvalue weighted by molar-refractivity contribution is 6.20. The Labute approximate surface area is 77.8 Å². The number of alkyl halides is 3. The number of nitrogens with zero attached hydrogens (tertiary/aromatic N) is 1. The molecule has 0 saturated carbocycles. The van der Waals surface area contributed by atoms with Gasteiger partial charge in [0.2, 0.25) is 0 Å². The Morgan fingerprint density at radius 1 is 1.62 bits per heavy atom. The van der Waals surface area contributed by atoms with E-state index >= 15 is 0 Å². The Morgan fingerprint density at radius 2 is 2.23 bits per heavy atom. The maximum absolute atomic E-state index is 12.1. The summed E-state index contributed by atoms with van der Waals surface area (Å²) in [5.74, 6) is 0.0597. The highest BCUT2D eigenvalue weighted by atomic mass is 35.5. The first kappa shape index (κ1) is 10.1. The summed E-state index contributed by atoms with van der Waals surface area (Å²) in [5, 5.41) is -0.591. The van der Waals surface area contributed by atoms with Crippen LogP contribution in [0.25, 0.3) is 0 Å². The highest BCUT2D eigenvalue weighted by Crippen LogP contribution is 2.18. The minimum atomic E-state index is -2.75. The zero-order chi connectivity index (χ0) is 10.0. The van der Waals surface area contributed by atoms with Crippen LogP contribution in [-0.2, 0) is 0 Å². The summed E-state index contributed by atoms with van der Waals surface area (Å²) in [4.78, 5) is 16.6. The number of hydrogen-bond acceptors (Lipinski definition) is 2. The maximum atomic E-state index is 12.1. The van der Waals surface area contributed by atoms with Gasteiger partial charge in [-0.05, 0) is 6.92 Å². The molecule has 0 aliphatic carbocycles. The van der Waals surface area contributed by atoms with Gasteiger partial charge in [0.05, 0.1) is 5.38 Å². The van der Waals surface area contributed by atoms with Gasteiger partial charge in [0.25, 0.3) is 12.0 Å². The fraction of sp³-hybridized carbons (Fsp3) is 0.429. The largest absolute Gasteiger partial charge is 0.309 e. The van der Waals surface area contributed by atoms with E-state index in [1.165, 1.54) is 6.92 Å². The molecule has 1 N–H and O–H groups in total. The van der Waals surface area contributed by atoms with Crippen molar-refractivity contribution >= 4 is 11.6 Å². The molecule has 0 radical (unpaired) electrons. The van der Waals surface area contributed by atoms with Crippen molar-refractivity contribution < 1.29 is 8.78 Å². The van der Waals surface area contributed by atoms with Crippen molar-refractivity contribution in [2.24, 2.45) is 0 Å². The van der Waals surface area contributed by atoms with Gasteiger partial charge in [0.1, 0.15) is 11.5 Å². The van der Waals surface area contributed by atoms with Gasteiger partial charge in [-0.3, -0.25) is 4.79 Å². The van der Waals surface area contributed by atoms with Gasteiger partial charge in [-0.1, -0.05) is 0 Å². The Balaban J connectivity index is 3.19. The third kappa shape index (κ3) is 2.48. The number of H-pyrrole nitrogens is 1. The predicted molar refractivity (Wildman–Crippen MR) is 44.1 cm³/mol. The molecule has 1 heterocycles. The average Bonchev–Trinajstić information content (AvgIpc) is 2.03. The third-order valence-corrected chi connectivity index (χ3v) is 1.59. The second kappa shape index (κ2) is 3.83. The molecule has 6 heteroatoms. The summed E-state index contributed by atoms with van der Waals surface area (Å²) >= 11 is 5.57. The lowest BCUT2D eigenvalue weighted by molar-refractivity contribution is 0.145. The predicted octanol–water partition coefficient (Wildman–Crippen LogP) is 2.01. The summed E-state index contributed by atoms with van der Waals surface area (Å²) in [7, 11) is 0. The van der Waals surface area contributed by atoms with Crippen LogP contribution < -0.4 is 5.56 Å². The van der Waals surface area contributed by atoms with Crippen LogP contribution in [0, 0.1) is 0 Å². The molecule has 0 bridgehead atoms. The molecular weight excluding hydrogens is 202 g/mol. The molecule has 3 nitrogen and oxygen atoms in total. The van der Waals surface area contributed by atoms with Crippen molar-refractivity contribution in [1.29, 1.82) is 0 Å². The van der Waals surface area contributed by atoms with Crippen LogP contribution in [0.2, 0.25) is 0 Å². The van der Waals surface area contributed by atoms with E-state index in [2.05, 4.69) is 9.97 Å². The molecule has 0 aliphatic rings.